The van der Waals surface area contributed by atoms with Gasteiger partial charge in [0.15, 0.2) is 17.2 Å². The largest absolute Gasteiger partial charge is 0.385 e. The van der Waals surface area contributed by atoms with Crippen LogP contribution in [0.1, 0.15) is 34.2 Å². The molecule has 0 bridgehead atoms. The number of rotatable bonds is 6. The average Bonchev–Trinajstić information content (AvgIpc) is 3.63. The van der Waals surface area contributed by atoms with Crippen LogP contribution in [0.4, 0.5) is 17.2 Å². The van der Waals surface area contributed by atoms with Gasteiger partial charge in [0.1, 0.15) is 23.5 Å². The van der Waals surface area contributed by atoms with Crippen LogP contribution in [0.25, 0.3) is 11.5 Å². The molecule has 1 amide bonds. The first-order valence-corrected chi connectivity index (χ1v) is 11.3. The van der Waals surface area contributed by atoms with E-state index >= 15 is 0 Å². The van der Waals surface area contributed by atoms with E-state index in [-0.39, 0.29) is 23.2 Å². The minimum Gasteiger partial charge on any atom is -0.385 e. The third kappa shape index (κ3) is 3.64. The van der Waals surface area contributed by atoms with Crippen LogP contribution in [0.2, 0.25) is 0 Å². The summed E-state index contributed by atoms with van der Waals surface area (Å²) in [7, 11) is 1.74. The Morgan fingerprint density at radius 1 is 1.17 bits per heavy atom. The highest BCUT2D eigenvalue weighted by atomic mass is 16.5. The molecule has 5 heterocycles. The molecule has 6 rings (SSSR count). The van der Waals surface area contributed by atoms with Crippen molar-refractivity contribution in [1.82, 2.24) is 34.6 Å². The molecule has 36 heavy (non-hydrogen) atoms. The maximum absolute atomic E-state index is 13.2. The lowest BCUT2D eigenvalue weighted by molar-refractivity contribution is 0.0928. The van der Waals surface area contributed by atoms with Crippen molar-refractivity contribution >= 4 is 28.7 Å². The number of anilines is 3. The summed E-state index contributed by atoms with van der Waals surface area (Å²) < 4.78 is 7.92. The van der Waals surface area contributed by atoms with Crippen molar-refractivity contribution in [2.45, 2.75) is 18.9 Å². The van der Waals surface area contributed by atoms with Crippen molar-refractivity contribution in [3.8, 4) is 5.82 Å². The summed E-state index contributed by atoms with van der Waals surface area (Å²) in [6.07, 6.45) is 7.89. The van der Waals surface area contributed by atoms with Crippen LogP contribution in [0.5, 0.6) is 0 Å². The number of imidazole rings is 1. The maximum Gasteiger partial charge on any atom is 0.279 e. The zero-order valence-corrected chi connectivity index (χ0v) is 19.2. The molecule has 0 saturated carbocycles. The quantitative estimate of drug-likeness (QED) is 0.332. The van der Waals surface area contributed by atoms with Gasteiger partial charge in [-0.3, -0.25) is 14.2 Å². The topological polar surface area (TPSA) is 144 Å². The first kappa shape index (κ1) is 21.5. The van der Waals surface area contributed by atoms with E-state index in [2.05, 4.69) is 36.2 Å². The van der Waals surface area contributed by atoms with E-state index in [1.807, 2.05) is 6.07 Å². The molecule has 5 aromatic rings. The number of fused-ring (bicyclic) bond motifs is 2. The summed E-state index contributed by atoms with van der Waals surface area (Å²) in [6, 6.07) is 10.2. The van der Waals surface area contributed by atoms with Crippen LogP contribution in [0.15, 0.2) is 70.6 Å². The molecule has 0 aromatic carbocycles. The lowest BCUT2D eigenvalue weighted by Gasteiger charge is -2.13. The fraction of sp³-hybridized carbons (Fsp3) is 0.167. The lowest BCUT2D eigenvalue weighted by atomic mass is 10.2. The molecule has 3 N–H and O–H groups in total. The average molecular weight is 483 g/mol. The van der Waals surface area contributed by atoms with E-state index in [1.54, 1.807) is 56.0 Å². The first-order chi connectivity index (χ1) is 17.6. The Labute approximate surface area is 204 Å². The molecule has 1 aliphatic rings. The van der Waals surface area contributed by atoms with Gasteiger partial charge in [-0.1, -0.05) is 11.2 Å². The Morgan fingerprint density at radius 2 is 2.08 bits per heavy atom. The number of aromatic nitrogens is 6. The van der Waals surface area contributed by atoms with E-state index < -0.39 is 0 Å². The summed E-state index contributed by atoms with van der Waals surface area (Å²) in [5.74, 6) is 0.517. The zero-order chi connectivity index (χ0) is 24.6. The van der Waals surface area contributed by atoms with Gasteiger partial charge in [-0.05, 0) is 37.1 Å². The zero-order valence-electron chi connectivity index (χ0n) is 19.2. The fourth-order valence-corrected chi connectivity index (χ4v) is 4.32. The van der Waals surface area contributed by atoms with Gasteiger partial charge < -0.3 is 20.5 Å². The molecule has 180 valence electrons. The monoisotopic (exact) mass is 483 g/mol. The van der Waals surface area contributed by atoms with Gasteiger partial charge in [-0.15, -0.1) is 5.10 Å². The minimum absolute atomic E-state index is 0.240. The number of carbonyl (C=O) groups excluding carboxylic acids is 1. The molecule has 0 aliphatic heterocycles. The summed E-state index contributed by atoms with van der Waals surface area (Å²) in [5, 5.41) is 17.7. The molecular weight excluding hydrogens is 462 g/mol. The van der Waals surface area contributed by atoms with E-state index in [0.717, 1.165) is 24.1 Å². The maximum atomic E-state index is 13.2. The highest BCUT2D eigenvalue weighted by Crippen LogP contribution is 2.30. The molecule has 5 aromatic heterocycles. The van der Waals surface area contributed by atoms with Gasteiger partial charge >= 0.3 is 0 Å². The molecule has 1 aliphatic carbocycles. The molecule has 0 radical (unpaired) electrons. The molecule has 1 atom stereocenters. The van der Waals surface area contributed by atoms with Crippen LogP contribution in [0.3, 0.4) is 0 Å². The van der Waals surface area contributed by atoms with Crippen LogP contribution in [-0.2, 0) is 6.42 Å². The fourth-order valence-electron chi connectivity index (χ4n) is 4.32. The summed E-state index contributed by atoms with van der Waals surface area (Å²) in [5.41, 5.74) is 3.11. The SMILES string of the molecule is CNc1cc(Nc2cccn(-c3ccccn3)c2=O)nn2c(C(=O)NC3CCc4conc43)cnc12. The van der Waals surface area contributed by atoms with Gasteiger partial charge in [0.25, 0.3) is 11.5 Å². The van der Waals surface area contributed by atoms with Gasteiger partial charge in [-0.2, -0.15) is 0 Å². The van der Waals surface area contributed by atoms with Crippen molar-refractivity contribution < 1.29 is 9.32 Å². The van der Waals surface area contributed by atoms with Crippen LogP contribution < -0.4 is 21.5 Å². The smallest absolute Gasteiger partial charge is 0.279 e. The minimum atomic E-state index is -0.340. The van der Waals surface area contributed by atoms with Crippen LogP contribution in [0, 0.1) is 0 Å². The second-order valence-corrected chi connectivity index (χ2v) is 8.27. The molecule has 0 saturated heterocycles. The Morgan fingerprint density at radius 3 is 2.92 bits per heavy atom. The molecule has 0 fully saturated rings. The number of hydrogen-bond acceptors (Lipinski definition) is 9. The third-order valence-corrected chi connectivity index (χ3v) is 6.09. The number of pyridine rings is 2. The number of amides is 1. The Balaban J connectivity index is 1.34. The second-order valence-electron chi connectivity index (χ2n) is 8.27. The van der Waals surface area contributed by atoms with Gasteiger partial charge in [0, 0.05) is 31.1 Å². The Hall–Kier alpha value is -5.00. The molecule has 0 spiro atoms. The molecular formula is C24H21N9O3. The first-order valence-electron chi connectivity index (χ1n) is 11.3. The van der Waals surface area contributed by atoms with Gasteiger partial charge in [-0.25, -0.2) is 14.5 Å². The van der Waals surface area contributed by atoms with Crippen molar-refractivity contribution in [2.75, 3.05) is 17.7 Å². The predicted octanol–water partition coefficient (Wildman–Crippen LogP) is 2.47. The molecule has 12 nitrogen and oxygen atoms in total. The standard InChI is InChI=1S/C24H21N9O3/c1-25-17-11-19(28-16-5-4-10-32(24(16)35)20-6-2-3-9-26-20)30-33-18(12-27-22(17)33)23(34)29-15-8-7-14-13-36-31-21(14)15/h2-6,9-13,15,25H,7-8H2,1H3,(H,28,30)(H,29,34). The van der Waals surface area contributed by atoms with Crippen molar-refractivity contribution in [1.29, 1.82) is 0 Å². The normalized spacial score (nSPS) is 14.5. The number of nitrogens with one attached hydrogen (secondary N) is 3. The van der Waals surface area contributed by atoms with Crippen LogP contribution in [-0.4, -0.2) is 42.3 Å². The predicted molar refractivity (Wildman–Crippen MR) is 131 cm³/mol. The van der Waals surface area contributed by atoms with Crippen LogP contribution >= 0.6 is 0 Å². The lowest BCUT2D eigenvalue weighted by Crippen LogP contribution is -2.29. The third-order valence-electron chi connectivity index (χ3n) is 6.09. The van der Waals surface area contributed by atoms with E-state index in [1.165, 1.54) is 15.3 Å². The number of aryl methyl sites for hydroxylation is 1. The Kier molecular flexibility index (Phi) is 5.17. The highest BCUT2D eigenvalue weighted by Gasteiger charge is 2.29. The molecule has 12 heteroatoms. The van der Waals surface area contributed by atoms with Crippen molar-refractivity contribution in [2.24, 2.45) is 0 Å². The van der Waals surface area contributed by atoms with Gasteiger partial charge in [0.05, 0.1) is 17.9 Å². The second kappa shape index (κ2) is 8.65. The Bertz CT molecular complexity index is 1640. The van der Waals surface area contributed by atoms with E-state index in [4.69, 9.17) is 4.52 Å². The van der Waals surface area contributed by atoms with E-state index in [0.29, 0.717) is 28.7 Å². The number of hydrogen-bond donors (Lipinski definition) is 3. The van der Waals surface area contributed by atoms with Gasteiger partial charge in [0.2, 0.25) is 0 Å². The summed E-state index contributed by atoms with van der Waals surface area (Å²) in [6.45, 7) is 0. The van der Waals surface area contributed by atoms with Crippen molar-refractivity contribution in [3.05, 3.63) is 88.6 Å². The highest BCUT2D eigenvalue weighted by molar-refractivity contribution is 5.94. The van der Waals surface area contributed by atoms with Crippen molar-refractivity contribution in [3.63, 3.8) is 0 Å². The van der Waals surface area contributed by atoms with E-state index in [9.17, 15) is 9.59 Å². The molecule has 1 unspecified atom stereocenters. The summed E-state index contributed by atoms with van der Waals surface area (Å²) >= 11 is 0. The summed E-state index contributed by atoms with van der Waals surface area (Å²) in [4.78, 5) is 34.9. The number of carbonyl (C=O) groups is 1. The number of nitrogens with zero attached hydrogens (tertiary/aromatic N) is 6.